The molecule has 2 heterocycles. The van der Waals surface area contributed by atoms with Gasteiger partial charge in [-0.3, -0.25) is 4.79 Å². The third-order valence-electron chi connectivity index (χ3n) is 3.42. The minimum Gasteiger partial charge on any atom is -0.440 e. The summed E-state index contributed by atoms with van der Waals surface area (Å²) in [6, 6.07) is 7.35. The zero-order valence-corrected chi connectivity index (χ0v) is 15.0. The number of nitrogens with one attached hydrogen (secondary N) is 2. The van der Waals surface area contributed by atoms with Crippen molar-refractivity contribution in [1.29, 1.82) is 0 Å². The van der Waals surface area contributed by atoms with Crippen molar-refractivity contribution in [2.24, 2.45) is 0 Å². The largest absolute Gasteiger partial charge is 0.440 e. The molecule has 3 rings (SSSR count). The number of carbonyl (C=O) groups excluding carboxylic acids is 1. The minimum atomic E-state index is -0.238. The molecule has 0 spiro atoms. The Morgan fingerprint density at radius 3 is 2.88 bits per heavy atom. The number of carbonyl (C=O) groups is 1. The normalized spacial score (nSPS) is 12.1. The quantitative estimate of drug-likeness (QED) is 0.656. The number of halogens is 1. The fourth-order valence-corrected chi connectivity index (χ4v) is 2.92. The summed E-state index contributed by atoms with van der Waals surface area (Å²) < 4.78 is 5.73. The number of oxazole rings is 1. The van der Waals surface area contributed by atoms with Crippen LogP contribution in [0.15, 0.2) is 41.1 Å². The van der Waals surface area contributed by atoms with Crippen LogP contribution in [0, 0.1) is 0 Å². The fraction of sp³-hybridized carbons (Fsp3) is 0.250. The van der Waals surface area contributed by atoms with E-state index in [9.17, 15) is 4.79 Å². The van der Waals surface area contributed by atoms with Crippen molar-refractivity contribution in [3.05, 3.63) is 53.3 Å². The second kappa shape index (κ2) is 8.17. The van der Waals surface area contributed by atoms with E-state index in [4.69, 9.17) is 16.0 Å². The van der Waals surface area contributed by atoms with Crippen LogP contribution >= 0.6 is 23.4 Å². The molecule has 7 nitrogen and oxygen atoms in total. The molecule has 0 saturated carbocycles. The Kier molecular flexibility index (Phi) is 5.72. The summed E-state index contributed by atoms with van der Waals surface area (Å²) >= 11 is 7.33. The second-order valence-corrected chi connectivity index (χ2v) is 7.02. The van der Waals surface area contributed by atoms with Crippen molar-refractivity contribution < 1.29 is 9.21 Å². The summed E-state index contributed by atoms with van der Waals surface area (Å²) in [6.45, 7) is 2.19. The van der Waals surface area contributed by atoms with Gasteiger partial charge in [-0.25, -0.2) is 4.98 Å². The smallest absolute Gasteiger partial charge is 0.233 e. The van der Waals surface area contributed by atoms with Gasteiger partial charge in [-0.15, -0.1) is 11.8 Å². The first kappa shape index (κ1) is 17.5. The van der Waals surface area contributed by atoms with Crippen LogP contribution < -0.4 is 5.32 Å². The van der Waals surface area contributed by atoms with Crippen LogP contribution in [-0.2, 0) is 17.1 Å². The lowest BCUT2D eigenvalue weighted by molar-refractivity contribution is -0.120. The standard InChI is InChI=1S/C16H16ClN5O2S/c1-10(16(23)19-6-13-7-20-22-21-13)25-9-15-18-8-14(24-15)11-2-4-12(17)5-3-11/h2-5,7-8,10H,6,9H2,1H3,(H,19,23)(H,20,21,22)/t10-/m1/s1. The van der Waals surface area contributed by atoms with Crippen LogP contribution in [0.1, 0.15) is 18.5 Å². The van der Waals surface area contributed by atoms with Gasteiger partial charge in [0.15, 0.2) is 5.76 Å². The Morgan fingerprint density at radius 2 is 2.16 bits per heavy atom. The molecule has 9 heteroatoms. The number of benzene rings is 1. The molecule has 2 N–H and O–H groups in total. The number of thioether (sulfide) groups is 1. The Labute approximate surface area is 153 Å². The predicted octanol–water partition coefficient (Wildman–Crippen LogP) is 3.05. The Morgan fingerprint density at radius 1 is 1.36 bits per heavy atom. The summed E-state index contributed by atoms with van der Waals surface area (Å²) in [7, 11) is 0. The van der Waals surface area contributed by atoms with Crippen molar-refractivity contribution in [3.63, 3.8) is 0 Å². The molecule has 2 aromatic heterocycles. The maximum atomic E-state index is 12.1. The molecule has 0 aliphatic heterocycles. The Balaban J connectivity index is 1.49. The molecule has 0 aliphatic rings. The predicted molar refractivity (Wildman–Crippen MR) is 95.9 cm³/mol. The van der Waals surface area contributed by atoms with E-state index < -0.39 is 0 Å². The van der Waals surface area contributed by atoms with Crippen molar-refractivity contribution in [2.45, 2.75) is 24.5 Å². The van der Waals surface area contributed by atoms with Gasteiger partial charge in [0.2, 0.25) is 11.8 Å². The van der Waals surface area contributed by atoms with E-state index in [0.29, 0.717) is 34.7 Å². The highest BCUT2D eigenvalue weighted by Crippen LogP contribution is 2.25. The van der Waals surface area contributed by atoms with E-state index in [-0.39, 0.29) is 11.2 Å². The van der Waals surface area contributed by atoms with E-state index in [2.05, 4.69) is 25.7 Å². The average molecular weight is 378 g/mol. The van der Waals surface area contributed by atoms with Gasteiger partial charge in [0.05, 0.1) is 29.9 Å². The van der Waals surface area contributed by atoms with Crippen molar-refractivity contribution in [2.75, 3.05) is 0 Å². The number of aromatic nitrogens is 4. The number of hydrogen-bond acceptors (Lipinski definition) is 6. The first-order chi connectivity index (χ1) is 12.1. The second-order valence-electron chi connectivity index (χ2n) is 5.26. The zero-order chi connectivity index (χ0) is 17.6. The number of amides is 1. The Hall–Kier alpha value is -2.32. The zero-order valence-electron chi connectivity index (χ0n) is 13.4. The topological polar surface area (TPSA) is 96.7 Å². The van der Waals surface area contributed by atoms with Gasteiger partial charge in [-0.1, -0.05) is 11.6 Å². The first-order valence-electron chi connectivity index (χ1n) is 7.56. The van der Waals surface area contributed by atoms with Gasteiger partial charge in [-0.2, -0.15) is 15.4 Å². The first-order valence-corrected chi connectivity index (χ1v) is 8.99. The number of hydrogen-bond donors (Lipinski definition) is 2. The maximum Gasteiger partial charge on any atom is 0.233 e. The SMILES string of the molecule is C[C@@H](SCc1ncc(-c2ccc(Cl)cc2)o1)C(=O)NCc1cn[nH]n1. The maximum absolute atomic E-state index is 12.1. The van der Waals surface area contributed by atoms with Gasteiger partial charge in [0.25, 0.3) is 0 Å². The third-order valence-corrected chi connectivity index (χ3v) is 4.80. The van der Waals surface area contributed by atoms with Crippen LogP contribution in [-0.4, -0.2) is 31.6 Å². The van der Waals surface area contributed by atoms with Crippen LogP contribution in [0.3, 0.4) is 0 Å². The highest BCUT2D eigenvalue weighted by Gasteiger charge is 2.15. The highest BCUT2D eigenvalue weighted by molar-refractivity contribution is 7.99. The molecule has 0 radical (unpaired) electrons. The Bertz CT molecular complexity index is 819. The van der Waals surface area contributed by atoms with Crippen molar-refractivity contribution >= 4 is 29.3 Å². The van der Waals surface area contributed by atoms with Gasteiger partial charge < -0.3 is 9.73 Å². The van der Waals surface area contributed by atoms with E-state index >= 15 is 0 Å². The molecular formula is C16H16ClN5O2S. The van der Waals surface area contributed by atoms with E-state index in [1.54, 1.807) is 24.5 Å². The molecule has 0 fully saturated rings. The van der Waals surface area contributed by atoms with Crippen LogP contribution in [0.2, 0.25) is 5.02 Å². The molecule has 0 bridgehead atoms. The monoisotopic (exact) mass is 377 g/mol. The van der Waals surface area contributed by atoms with Crippen LogP contribution in [0.4, 0.5) is 0 Å². The minimum absolute atomic E-state index is 0.0718. The van der Waals surface area contributed by atoms with E-state index in [1.165, 1.54) is 11.8 Å². The summed E-state index contributed by atoms with van der Waals surface area (Å²) in [5.74, 6) is 1.69. The number of nitrogens with zero attached hydrogens (tertiary/aromatic N) is 3. The van der Waals surface area contributed by atoms with Gasteiger partial charge >= 0.3 is 0 Å². The lowest BCUT2D eigenvalue weighted by Gasteiger charge is -2.09. The number of H-pyrrole nitrogens is 1. The van der Waals surface area contributed by atoms with Crippen molar-refractivity contribution in [3.8, 4) is 11.3 Å². The van der Waals surface area contributed by atoms with Gasteiger partial charge in [0.1, 0.15) is 5.69 Å². The van der Waals surface area contributed by atoms with Crippen molar-refractivity contribution in [1.82, 2.24) is 25.7 Å². The van der Waals surface area contributed by atoms with Crippen LogP contribution in [0.25, 0.3) is 11.3 Å². The fourth-order valence-electron chi connectivity index (χ4n) is 2.03. The molecule has 25 heavy (non-hydrogen) atoms. The molecule has 3 aromatic rings. The molecular weight excluding hydrogens is 362 g/mol. The molecule has 0 aliphatic carbocycles. The van der Waals surface area contributed by atoms with Gasteiger partial charge in [0, 0.05) is 10.6 Å². The highest BCUT2D eigenvalue weighted by atomic mass is 35.5. The van der Waals surface area contributed by atoms with E-state index in [1.807, 2.05) is 19.1 Å². The molecule has 0 saturated heterocycles. The summed E-state index contributed by atoms with van der Waals surface area (Å²) in [4.78, 5) is 16.3. The molecule has 1 atom stereocenters. The third kappa shape index (κ3) is 4.83. The summed E-state index contributed by atoms with van der Waals surface area (Å²) in [5.41, 5.74) is 1.59. The summed E-state index contributed by atoms with van der Waals surface area (Å²) in [5, 5.41) is 13.3. The number of aromatic amines is 1. The molecule has 1 aromatic carbocycles. The lowest BCUT2D eigenvalue weighted by atomic mass is 10.2. The van der Waals surface area contributed by atoms with Gasteiger partial charge in [-0.05, 0) is 31.2 Å². The molecule has 130 valence electrons. The number of rotatable bonds is 7. The summed E-state index contributed by atoms with van der Waals surface area (Å²) in [6.07, 6.45) is 3.25. The van der Waals surface area contributed by atoms with Crippen LogP contribution in [0.5, 0.6) is 0 Å². The van der Waals surface area contributed by atoms with E-state index in [0.717, 1.165) is 5.56 Å². The molecule has 1 amide bonds. The average Bonchev–Trinajstić information content (AvgIpc) is 3.30. The molecule has 0 unspecified atom stereocenters. The lowest BCUT2D eigenvalue weighted by Crippen LogP contribution is -2.30.